The molecule has 5 heteroatoms. The van der Waals surface area contributed by atoms with Crippen LogP contribution in [0.5, 0.6) is 0 Å². The number of amides is 2. The molecule has 1 saturated heterocycles. The van der Waals surface area contributed by atoms with Gasteiger partial charge in [-0.3, -0.25) is 9.59 Å². The monoisotopic (exact) mass is 286 g/mol. The van der Waals surface area contributed by atoms with Gasteiger partial charge in [-0.05, 0) is 24.1 Å². The van der Waals surface area contributed by atoms with Crippen LogP contribution in [0.1, 0.15) is 12.5 Å². The van der Waals surface area contributed by atoms with Crippen LogP contribution in [0, 0.1) is 0 Å². The maximum absolute atomic E-state index is 12.5. The molecule has 2 amide bonds. The lowest BCUT2D eigenvalue weighted by atomic mass is 10.1. The zero-order chi connectivity index (χ0) is 14.8. The van der Waals surface area contributed by atoms with Crippen LogP contribution < -0.4 is 4.90 Å². The van der Waals surface area contributed by atoms with E-state index in [-0.39, 0.29) is 11.8 Å². The van der Waals surface area contributed by atoms with Crippen molar-refractivity contribution in [3.63, 3.8) is 0 Å². The van der Waals surface area contributed by atoms with Gasteiger partial charge in [-0.1, -0.05) is 19.1 Å². The van der Waals surface area contributed by atoms with Crippen LogP contribution >= 0.6 is 0 Å². The van der Waals surface area contributed by atoms with Gasteiger partial charge in [0.2, 0.25) is 0 Å². The molecule has 0 saturated carbocycles. The maximum Gasteiger partial charge on any atom is 0.281 e. The highest BCUT2D eigenvalue weighted by atomic mass is 16.5. The third-order valence-electron chi connectivity index (χ3n) is 3.86. The van der Waals surface area contributed by atoms with Gasteiger partial charge >= 0.3 is 0 Å². The van der Waals surface area contributed by atoms with Gasteiger partial charge in [0.25, 0.3) is 11.8 Å². The largest absolute Gasteiger partial charge is 0.378 e. The highest BCUT2D eigenvalue weighted by Gasteiger charge is 2.35. The smallest absolute Gasteiger partial charge is 0.281 e. The van der Waals surface area contributed by atoms with Gasteiger partial charge in [0.1, 0.15) is 5.70 Å². The average Bonchev–Trinajstić information content (AvgIpc) is 2.83. The molecule has 1 aromatic rings. The molecule has 110 valence electrons. The molecule has 0 aromatic heterocycles. The predicted molar refractivity (Wildman–Crippen MR) is 78.8 cm³/mol. The summed E-state index contributed by atoms with van der Waals surface area (Å²) in [6, 6.07) is 7.54. The van der Waals surface area contributed by atoms with Crippen LogP contribution in [0.4, 0.5) is 5.69 Å². The van der Waals surface area contributed by atoms with Crippen molar-refractivity contribution >= 4 is 17.5 Å². The molecule has 2 aliphatic rings. The van der Waals surface area contributed by atoms with Crippen molar-refractivity contribution in [2.75, 3.05) is 31.2 Å². The molecule has 0 spiro atoms. The van der Waals surface area contributed by atoms with Crippen molar-refractivity contribution in [1.29, 1.82) is 0 Å². The maximum atomic E-state index is 12.5. The summed E-state index contributed by atoms with van der Waals surface area (Å²) in [6.07, 6.45) is 2.36. The van der Waals surface area contributed by atoms with Crippen LogP contribution in [0.15, 0.2) is 36.0 Å². The first-order valence-electron chi connectivity index (χ1n) is 7.22. The molecule has 3 rings (SSSR count). The molecule has 2 aliphatic heterocycles. The van der Waals surface area contributed by atoms with E-state index < -0.39 is 0 Å². The topological polar surface area (TPSA) is 49.9 Å². The summed E-state index contributed by atoms with van der Waals surface area (Å²) in [5, 5.41) is 0. The van der Waals surface area contributed by atoms with Crippen molar-refractivity contribution in [3.05, 3.63) is 41.6 Å². The van der Waals surface area contributed by atoms with E-state index >= 15 is 0 Å². The number of hydrogen-bond acceptors (Lipinski definition) is 4. The first-order valence-corrected chi connectivity index (χ1v) is 7.22. The van der Waals surface area contributed by atoms with Crippen molar-refractivity contribution < 1.29 is 14.3 Å². The number of nitrogens with zero attached hydrogens (tertiary/aromatic N) is 2. The number of aryl methyl sites for hydroxylation is 1. The Bertz CT molecular complexity index is 586. The lowest BCUT2D eigenvalue weighted by Crippen LogP contribution is -2.40. The minimum atomic E-state index is -0.272. The minimum absolute atomic E-state index is 0.244. The second-order valence-corrected chi connectivity index (χ2v) is 5.13. The van der Waals surface area contributed by atoms with E-state index in [9.17, 15) is 9.59 Å². The number of rotatable bonds is 3. The molecule has 1 fully saturated rings. The van der Waals surface area contributed by atoms with Crippen molar-refractivity contribution in [1.82, 2.24) is 4.90 Å². The summed E-state index contributed by atoms with van der Waals surface area (Å²) in [5.74, 6) is -0.517. The predicted octanol–water partition coefficient (Wildman–Crippen LogP) is 1.34. The first-order chi connectivity index (χ1) is 10.2. The van der Waals surface area contributed by atoms with Crippen LogP contribution in [0.2, 0.25) is 0 Å². The number of hydrogen-bond donors (Lipinski definition) is 0. The molecule has 5 nitrogen and oxygen atoms in total. The number of carbonyl (C=O) groups excluding carboxylic acids is 2. The Balaban J connectivity index is 1.82. The fraction of sp³-hybridized carbons (Fsp3) is 0.375. The number of ether oxygens (including phenoxy) is 1. The minimum Gasteiger partial charge on any atom is -0.378 e. The average molecular weight is 286 g/mol. The van der Waals surface area contributed by atoms with Gasteiger partial charge in [0.15, 0.2) is 0 Å². The molecule has 2 heterocycles. The standard InChI is InChI=1S/C16H18N2O3/c1-2-12-3-5-13(6-4-12)18-15(19)11-14(16(18)20)17-7-9-21-10-8-17/h3-6,11H,2,7-10H2,1H3. The SMILES string of the molecule is CCc1ccc(N2C(=O)C=C(N3CCOCC3)C2=O)cc1. The summed E-state index contributed by atoms with van der Waals surface area (Å²) < 4.78 is 5.28. The van der Waals surface area contributed by atoms with Crippen LogP contribution in [0.25, 0.3) is 0 Å². The molecule has 0 N–H and O–H groups in total. The molecule has 0 aliphatic carbocycles. The lowest BCUT2D eigenvalue weighted by Gasteiger charge is -2.29. The Morgan fingerprint density at radius 2 is 1.76 bits per heavy atom. The zero-order valence-electron chi connectivity index (χ0n) is 12.0. The van der Waals surface area contributed by atoms with Crippen molar-refractivity contribution in [3.8, 4) is 0 Å². The van der Waals surface area contributed by atoms with Gasteiger partial charge in [-0.15, -0.1) is 0 Å². The summed E-state index contributed by atoms with van der Waals surface area (Å²) in [5.41, 5.74) is 2.28. The molecular weight excluding hydrogens is 268 g/mol. The van der Waals surface area contributed by atoms with Crippen LogP contribution in [-0.4, -0.2) is 43.0 Å². The van der Waals surface area contributed by atoms with Crippen LogP contribution in [-0.2, 0) is 20.7 Å². The van der Waals surface area contributed by atoms with E-state index in [4.69, 9.17) is 4.74 Å². The number of anilines is 1. The summed E-state index contributed by atoms with van der Waals surface area (Å²) in [4.78, 5) is 27.8. The quantitative estimate of drug-likeness (QED) is 0.787. The summed E-state index contributed by atoms with van der Waals surface area (Å²) >= 11 is 0. The fourth-order valence-electron chi connectivity index (χ4n) is 2.61. The molecule has 1 aromatic carbocycles. The summed E-state index contributed by atoms with van der Waals surface area (Å²) in [7, 11) is 0. The van der Waals surface area contributed by atoms with E-state index in [1.165, 1.54) is 16.5 Å². The number of benzene rings is 1. The number of morpholine rings is 1. The Kier molecular flexibility index (Phi) is 3.75. The van der Waals surface area contributed by atoms with E-state index in [1.54, 1.807) is 0 Å². The second-order valence-electron chi connectivity index (χ2n) is 5.13. The van der Waals surface area contributed by atoms with Gasteiger partial charge in [-0.2, -0.15) is 0 Å². The third kappa shape index (κ3) is 2.56. The van der Waals surface area contributed by atoms with Gasteiger partial charge in [0, 0.05) is 19.2 Å². The summed E-state index contributed by atoms with van der Waals surface area (Å²) in [6.45, 7) is 4.54. The third-order valence-corrected chi connectivity index (χ3v) is 3.86. The van der Waals surface area contributed by atoms with E-state index in [0.717, 1.165) is 6.42 Å². The fourth-order valence-corrected chi connectivity index (χ4v) is 2.61. The molecule has 0 atom stereocenters. The second kappa shape index (κ2) is 5.69. The van der Waals surface area contributed by atoms with Crippen molar-refractivity contribution in [2.24, 2.45) is 0 Å². The Morgan fingerprint density at radius 3 is 2.38 bits per heavy atom. The highest BCUT2D eigenvalue weighted by molar-refractivity contribution is 6.30. The Labute approximate surface area is 123 Å². The molecule has 0 bridgehead atoms. The van der Waals surface area contributed by atoms with E-state index in [2.05, 4.69) is 6.92 Å². The lowest BCUT2D eigenvalue weighted by molar-refractivity contribution is -0.121. The Morgan fingerprint density at radius 1 is 1.10 bits per heavy atom. The van der Waals surface area contributed by atoms with Gasteiger partial charge in [0.05, 0.1) is 18.9 Å². The zero-order valence-corrected chi connectivity index (χ0v) is 12.0. The van der Waals surface area contributed by atoms with E-state index in [1.807, 2.05) is 29.2 Å². The molecule has 21 heavy (non-hydrogen) atoms. The normalized spacial score (nSPS) is 19.2. The van der Waals surface area contributed by atoms with Gasteiger partial charge in [-0.25, -0.2) is 4.90 Å². The Hall–Kier alpha value is -2.14. The van der Waals surface area contributed by atoms with E-state index in [0.29, 0.717) is 37.7 Å². The van der Waals surface area contributed by atoms with Crippen LogP contribution in [0.3, 0.4) is 0 Å². The molecular formula is C16H18N2O3. The molecule has 0 unspecified atom stereocenters. The first kappa shape index (κ1) is 13.8. The molecule has 0 radical (unpaired) electrons. The number of carbonyl (C=O) groups is 2. The highest BCUT2D eigenvalue weighted by Crippen LogP contribution is 2.25. The van der Waals surface area contributed by atoms with Gasteiger partial charge < -0.3 is 9.64 Å². The van der Waals surface area contributed by atoms with Crippen molar-refractivity contribution in [2.45, 2.75) is 13.3 Å². The number of imide groups is 1.